The summed E-state index contributed by atoms with van der Waals surface area (Å²) in [5.74, 6) is -1.94. The molecule has 138 valence electrons. The van der Waals surface area contributed by atoms with Crippen LogP contribution < -0.4 is 5.73 Å². The van der Waals surface area contributed by atoms with E-state index in [1.165, 1.54) is 12.0 Å². The summed E-state index contributed by atoms with van der Waals surface area (Å²) in [6.45, 7) is 5.98. The average molecular weight is 360 g/mol. The second kappa shape index (κ2) is 8.20. The molecule has 1 rings (SSSR count). The van der Waals surface area contributed by atoms with E-state index in [1.54, 1.807) is 0 Å². The van der Waals surface area contributed by atoms with Crippen LogP contribution in [-0.4, -0.2) is 58.8 Å². The Morgan fingerprint density at radius 3 is 2.21 bits per heavy atom. The minimum Gasteiger partial charge on any atom is -0.481 e. The smallest absolute Gasteiger partial charge is 0.329 e. The number of rotatable bonds is 8. The molecule has 8 heteroatoms. The van der Waals surface area contributed by atoms with Crippen molar-refractivity contribution in [3.05, 3.63) is 0 Å². The normalized spacial score (nSPS) is 18.4. The van der Waals surface area contributed by atoms with Crippen LogP contribution >= 0.6 is 12.6 Å². The van der Waals surface area contributed by atoms with Gasteiger partial charge in [0, 0.05) is 11.8 Å². The van der Waals surface area contributed by atoms with Gasteiger partial charge in [0.05, 0.1) is 19.6 Å². The van der Waals surface area contributed by atoms with E-state index in [2.05, 4.69) is 12.6 Å². The molecule has 3 atom stereocenters. The summed E-state index contributed by atoms with van der Waals surface area (Å²) in [6.07, 6.45) is 1.43. The Bertz CT molecular complexity index is 487. The summed E-state index contributed by atoms with van der Waals surface area (Å²) in [7, 11) is 1.25. The summed E-state index contributed by atoms with van der Waals surface area (Å²) in [5, 5.41) is 8.93. The number of carbonyl (C=O) groups is 3. The fourth-order valence-corrected chi connectivity index (χ4v) is 3.45. The summed E-state index contributed by atoms with van der Waals surface area (Å²) in [5.41, 5.74) is 5.51. The predicted molar refractivity (Wildman–Crippen MR) is 92.7 cm³/mol. The van der Waals surface area contributed by atoms with Crippen molar-refractivity contribution < 1.29 is 24.2 Å². The van der Waals surface area contributed by atoms with Crippen LogP contribution in [0.4, 0.5) is 0 Å². The number of amides is 1. The van der Waals surface area contributed by atoms with Crippen LogP contribution in [0.1, 0.15) is 40.0 Å². The van der Waals surface area contributed by atoms with Crippen LogP contribution in [-0.2, 0) is 19.1 Å². The molecule has 1 saturated carbocycles. The Morgan fingerprint density at radius 1 is 1.33 bits per heavy atom. The van der Waals surface area contributed by atoms with Gasteiger partial charge in [0.1, 0.15) is 6.04 Å². The molecule has 3 N–H and O–H groups in total. The molecular weight excluding hydrogens is 332 g/mol. The lowest BCUT2D eigenvalue weighted by atomic mass is 9.81. The number of carboxylic acid groups (broad SMARTS) is 1. The van der Waals surface area contributed by atoms with Gasteiger partial charge in [-0.1, -0.05) is 20.8 Å². The van der Waals surface area contributed by atoms with E-state index >= 15 is 0 Å². The SMILES string of the molecule is COC(=O)[C@H](CS)N(C(=O)[C@@H](N)CC(=O)O)[C@@H](C1CC1)C(C)(C)C. The van der Waals surface area contributed by atoms with E-state index in [1.807, 2.05) is 20.8 Å². The molecule has 0 spiro atoms. The number of esters is 1. The van der Waals surface area contributed by atoms with Crippen molar-refractivity contribution in [1.82, 2.24) is 4.90 Å². The highest BCUT2D eigenvalue weighted by Gasteiger charge is 2.48. The highest BCUT2D eigenvalue weighted by Crippen LogP contribution is 2.44. The summed E-state index contributed by atoms with van der Waals surface area (Å²) in [4.78, 5) is 37.5. The number of thiol groups is 1. The topological polar surface area (TPSA) is 110 Å². The Hall–Kier alpha value is -1.28. The lowest BCUT2D eigenvalue weighted by molar-refractivity contribution is -0.157. The van der Waals surface area contributed by atoms with Crippen LogP contribution in [0.2, 0.25) is 0 Å². The first-order chi connectivity index (χ1) is 11.0. The summed E-state index contributed by atoms with van der Waals surface area (Å²) >= 11 is 4.21. The van der Waals surface area contributed by atoms with Crippen LogP contribution in [0, 0.1) is 11.3 Å². The third-order valence-corrected chi connectivity index (χ3v) is 4.55. The molecule has 0 saturated heterocycles. The van der Waals surface area contributed by atoms with Gasteiger partial charge >= 0.3 is 11.9 Å². The molecule has 0 aromatic rings. The van der Waals surface area contributed by atoms with Gasteiger partial charge in [-0.05, 0) is 24.2 Å². The Morgan fingerprint density at radius 2 is 1.88 bits per heavy atom. The zero-order valence-electron chi connectivity index (χ0n) is 14.7. The van der Waals surface area contributed by atoms with Gasteiger partial charge in [-0.25, -0.2) is 4.79 Å². The van der Waals surface area contributed by atoms with Gasteiger partial charge in [0.15, 0.2) is 0 Å². The van der Waals surface area contributed by atoms with Gasteiger partial charge in [0.25, 0.3) is 0 Å². The largest absolute Gasteiger partial charge is 0.481 e. The highest BCUT2D eigenvalue weighted by atomic mass is 32.1. The van der Waals surface area contributed by atoms with Crippen molar-refractivity contribution in [2.75, 3.05) is 12.9 Å². The maximum atomic E-state index is 12.9. The van der Waals surface area contributed by atoms with E-state index in [-0.39, 0.29) is 23.1 Å². The van der Waals surface area contributed by atoms with Crippen molar-refractivity contribution in [3.8, 4) is 0 Å². The molecule has 1 fully saturated rings. The van der Waals surface area contributed by atoms with Crippen molar-refractivity contribution in [2.24, 2.45) is 17.1 Å². The molecule has 0 aromatic carbocycles. The fourth-order valence-electron chi connectivity index (χ4n) is 3.13. The number of hydrogen-bond acceptors (Lipinski definition) is 6. The number of nitrogens with two attached hydrogens (primary N) is 1. The van der Waals surface area contributed by atoms with Crippen LogP contribution in [0.5, 0.6) is 0 Å². The highest BCUT2D eigenvalue weighted by molar-refractivity contribution is 7.80. The lowest BCUT2D eigenvalue weighted by Crippen LogP contribution is -2.60. The number of carbonyl (C=O) groups excluding carboxylic acids is 2. The van der Waals surface area contributed by atoms with Gasteiger partial charge < -0.3 is 20.5 Å². The molecule has 1 aliphatic rings. The standard InChI is InChI=1S/C16H28N2O5S/c1-16(2,3)13(9-5-6-9)18(11(8-24)15(22)23-4)14(21)10(17)7-12(19)20/h9-11,13,24H,5-8,17H2,1-4H3,(H,19,20)/t10-,11-,13-/m0/s1. The number of aliphatic carboxylic acids is 1. The fraction of sp³-hybridized carbons (Fsp3) is 0.812. The Balaban J connectivity index is 3.26. The summed E-state index contributed by atoms with van der Waals surface area (Å²) in [6, 6.07) is -2.34. The van der Waals surface area contributed by atoms with Gasteiger partial charge in [-0.15, -0.1) is 0 Å². The Kier molecular flexibility index (Phi) is 7.10. The number of carboxylic acids is 1. The minimum absolute atomic E-state index is 0.0809. The van der Waals surface area contributed by atoms with Crippen molar-refractivity contribution >= 4 is 30.5 Å². The van der Waals surface area contributed by atoms with Gasteiger partial charge in [-0.2, -0.15) is 12.6 Å². The van der Waals surface area contributed by atoms with Gasteiger partial charge in [0.2, 0.25) is 5.91 Å². The first-order valence-corrected chi connectivity index (χ1v) is 8.66. The molecule has 24 heavy (non-hydrogen) atoms. The van der Waals surface area contributed by atoms with E-state index in [4.69, 9.17) is 15.6 Å². The molecular formula is C16H28N2O5S. The first-order valence-electron chi connectivity index (χ1n) is 8.02. The third kappa shape index (κ3) is 5.11. The molecule has 0 radical (unpaired) electrons. The molecule has 1 aliphatic carbocycles. The van der Waals surface area contributed by atoms with Crippen LogP contribution in [0.25, 0.3) is 0 Å². The number of ether oxygens (including phenoxy) is 1. The first kappa shape index (κ1) is 20.8. The number of hydrogen-bond donors (Lipinski definition) is 3. The minimum atomic E-state index is -1.21. The maximum absolute atomic E-state index is 12.9. The quantitative estimate of drug-likeness (QED) is 0.438. The van der Waals surface area contributed by atoms with Crippen LogP contribution in [0.15, 0.2) is 0 Å². The molecule has 1 amide bonds. The molecule has 0 heterocycles. The van der Waals surface area contributed by atoms with Crippen molar-refractivity contribution in [2.45, 2.75) is 58.2 Å². The van der Waals surface area contributed by atoms with E-state index < -0.39 is 36.4 Å². The van der Waals surface area contributed by atoms with Gasteiger partial charge in [-0.3, -0.25) is 9.59 Å². The van der Waals surface area contributed by atoms with E-state index in [0.717, 1.165) is 12.8 Å². The molecule has 0 aromatic heterocycles. The van der Waals surface area contributed by atoms with E-state index in [9.17, 15) is 14.4 Å². The number of nitrogens with zero attached hydrogens (tertiary/aromatic N) is 1. The van der Waals surface area contributed by atoms with Crippen LogP contribution in [0.3, 0.4) is 0 Å². The molecule has 7 nitrogen and oxygen atoms in total. The average Bonchev–Trinajstić information content (AvgIpc) is 3.28. The molecule has 0 aliphatic heterocycles. The number of methoxy groups -OCH3 is 1. The predicted octanol–water partition coefficient (Wildman–Crippen LogP) is 0.913. The van der Waals surface area contributed by atoms with Crippen molar-refractivity contribution in [1.29, 1.82) is 0 Å². The van der Waals surface area contributed by atoms with Crippen molar-refractivity contribution in [3.63, 3.8) is 0 Å². The molecule has 0 unspecified atom stereocenters. The van der Waals surface area contributed by atoms with E-state index in [0.29, 0.717) is 0 Å². The molecule has 0 bridgehead atoms. The summed E-state index contributed by atoms with van der Waals surface area (Å²) < 4.78 is 4.82. The maximum Gasteiger partial charge on any atom is 0.329 e. The zero-order valence-corrected chi connectivity index (χ0v) is 15.6. The zero-order chi connectivity index (χ0) is 18.7. The second-order valence-corrected chi connectivity index (χ2v) is 7.68. The third-order valence-electron chi connectivity index (χ3n) is 4.20. The monoisotopic (exact) mass is 360 g/mol. The second-order valence-electron chi connectivity index (χ2n) is 7.32. The lowest BCUT2D eigenvalue weighted by Gasteiger charge is -2.44. The Labute approximate surface area is 148 Å².